The Morgan fingerprint density at radius 1 is 1.15 bits per heavy atom. The normalized spacial score (nSPS) is 16.7. The van der Waals surface area contributed by atoms with Crippen LogP contribution in [0.4, 0.5) is 4.39 Å². The Labute approximate surface area is 160 Å². The molecule has 1 aliphatic rings. The molecular formula is C23H28FN3. The van der Waals surface area contributed by atoms with Crippen molar-refractivity contribution in [1.82, 2.24) is 9.97 Å². The van der Waals surface area contributed by atoms with Crippen LogP contribution in [0, 0.1) is 18.7 Å². The summed E-state index contributed by atoms with van der Waals surface area (Å²) >= 11 is 0. The van der Waals surface area contributed by atoms with Crippen LogP contribution >= 0.6 is 0 Å². The van der Waals surface area contributed by atoms with Crippen LogP contribution in [0.5, 0.6) is 0 Å². The molecule has 1 fully saturated rings. The summed E-state index contributed by atoms with van der Waals surface area (Å²) in [5.41, 5.74) is 11.6. The number of nitrogens with two attached hydrogens (primary N) is 1. The average Bonchev–Trinajstić information content (AvgIpc) is 3.17. The molecule has 4 heteroatoms. The number of hydrogen-bond acceptors (Lipinski definition) is 2. The number of aromatic amines is 1. The molecule has 4 rings (SSSR count). The molecule has 0 amide bonds. The number of H-pyrrole nitrogens is 1. The molecule has 1 unspecified atom stereocenters. The van der Waals surface area contributed by atoms with E-state index in [2.05, 4.69) is 9.97 Å². The van der Waals surface area contributed by atoms with E-state index in [0.29, 0.717) is 5.56 Å². The first-order valence-corrected chi connectivity index (χ1v) is 10.1. The molecule has 1 heterocycles. The van der Waals surface area contributed by atoms with Gasteiger partial charge >= 0.3 is 0 Å². The van der Waals surface area contributed by atoms with E-state index in [0.717, 1.165) is 46.5 Å². The van der Waals surface area contributed by atoms with Crippen molar-refractivity contribution in [3.8, 4) is 11.1 Å². The van der Waals surface area contributed by atoms with Crippen molar-refractivity contribution in [2.75, 3.05) is 0 Å². The summed E-state index contributed by atoms with van der Waals surface area (Å²) in [4.78, 5) is 7.45. The van der Waals surface area contributed by atoms with Crippen LogP contribution in [0.1, 0.15) is 62.1 Å². The minimum absolute atomic E-state index is 0.0922. The predicted octanol–water partition coefficient (Wildman–Crippen LogP) is 6.04. The second kappa shape index (κ2) is 7.81. The second-order valence-corrected chi connectivity index (χ2v) is 7.96. The van der Waals surface area contributed by atoms with Gasteiger partial charge in [-0.1, -0.05) is 50.3 Å². The summed E-state index contributed by atoms with van der Waals surface area (Å²) in [5.74, 6) is 0.593. The SMILES string of the molecule is Cc1c(-c2ccc(C(N)CCC3CCCCC3)cc2F)ccc2[nH]cnc12. The summed E-state index contributed by atoms with van der Waals surface area (Å²) in [6.07, 6.45) is 10.5. The lowest BCUT2D eigenvalue weighted by molar-refractivity contribution is 0.324. The Balaban J connectivity index is 1.52. The van der Waals surface area contributed by atoms with Gasteiger partial charge in [-0.05, 0) is 54.5 Å². The molecule has 0 bridgehead atoms. The third kappa shape index (κ3) is 3.77. The molecule has 0 spiro atoms. The van der Waals surface area contributed by atoms with E-state index >= 15 is 0 Å². The lowest BCUT2D eigenvalue weighted by Gasteiger charge is -2.23. The lowest BCUT2D eigenvalue weighted by atomic mass is 9.84. The molecular weight excluding hydrogens is 337 g/mol. The van der Waals surface area contributed by atoms with Gasteiger partial charge in [0.1, 0.15) is 5.82 Å². The second-order valence-electron chi connectivity index (χ2n) is 7.96. The van der Waals surface area contributed by atoms with Crippen molar-refractivity contribution >= 4 is 11.0 Å². The Bertz CT molecular complexity index is 925. The largest absolute Gasteiger partial charge is 0.345 e. The molecule has 3 aromatic rings. The number of rotatable bonds is 5. The Hall–Kier alpha value is -2.20. The molecule has 0 saturated heterocycles. The maximum absolute atomic E-state index is 14.9. The fourth-order valence-corrected chi connectivity index (χ4v) is 4.48. The van der Waals surface area contributed by atoms with Gasteiger partial charge < -0.3 is 10.7 Å². The number of benzene rings is 2. The van der Waals surface area contributed by atoms with E-state index in [1.54, 1.807) is 12.4 Å². The predicted molar refractivity (Wildman–Crippen MR) is 109 cm³/mol. The number of fused-ring (bicyclic) bond motifs is 1. The van der Waals surface area contributed by atoms with Crippen molar-refractivity contribution < 1.29 is 4.39 Å². The molecule has 27 heavy (non-hydrogen) atoms. The molecule has 3 nitrogen and oxygen atoms in total. The molecule has 1 aliphatic carbocycles. The van der Waals surface area contributed by atoms with Crippen molar-refractivity contribution in [3.05, 3.63) is 53.6 Å². The van der Waals surface area contributed by atoms with Gasteiger partial charge in [-0.3, -0.25) is 0 Å². The van der Waals surface area contributed by atoms with Crippen molar-refractivity contribution in [3.63, 3.8) is 0 Å². The number of nitrogens with zero attached hydrogens (tertiary/aromatic N) is 1. The van der Waals surface area contributed by atoms with Crippen LogP contribution in [0.2, 0.25) is 0 Å². The van der Waals surface area contributed by atoms with E-state index in [1.165, 1.54) is 32.1 Å². The summed E-state index contributed by atoms with van der Waals surface area (Å²) in [7, 11) is 0. The van der Waals surface area contributed by atoms with Crippen LogP contribution in [-0.2, 0) is 0 Å². The summed E-state index contributed by atoms with van der Waals surface area (Å²) in [5, 5.41) is 0. The molecule has 3 N–H and O–H groups in total. The van der Waals surface area contributed by atoms with E-state index in [9.17, 15) is 4.39 Å². The third-order valence-corrected chi connectivity index (χ3v) is 6.17. The van der Waals surface area contributed by atoms with Crippen LogP contribution in [-0.4, -0.2) is 9.97 Å². The minimum Gasteiger partial charge on any atom is -0.345 e. The van der Waals surface area contributed by atoms with Crippen molar-refractivity contribution in [2.45, 2.75) is 57.9 Å². The molecule has 142 valence electrons. The van der Waals surface area contributed by atoms with Crippen LogP contribution in [0.15, 0.2) is 36.7 Å². The molecule has 1 aromatic heterocycles. The van der Waals surface area contributed by atoms with Crippen LogP contribution in [0.25, 0.3) is 22.2 Å². The number of aryl methyl sites for hydroxylation is 1. The summed E-state index contributed by atoms with van der Waals surface area (Å²) in [6.45, 7) is 1.99. The van der Waals surface area contributed by atoms with Gasteiger partial charge in [0.2, 0.25) is 0 Å². The van der Waals surface area contributed by atoms with Gasteiger partial charge in [-0.15, -0.1) is 0 Å². The zero-order valence-corrected chi connectivity index (χ0v) is 16.0. The van der Waals surface area contributed by atoms with Crippen molar-refractivity contribution in [2.24, 2.45) is 11.7 Å². The molecule has 0 aliphatic heterocycles. The number of imidazole rings is 1. The highest BCUT2D eigenvalue weighted by atomic mass is 19.1. The number of nitrogens with one attached hydrogen (secondary N) is 1. The first kappa shape index (κ1) is 18.2. The summed E-state index contributed by atoms with van der Waals surface area (Å²) < 4.78 is 14.9. The minimum atomic E-state index is -0.210. The Morgan fingerprint density at radius 2 is 1.93 bits per heavy atom. The fraction of sp³-hybridized carbons (Fsp3) is 0.435. The zero-order valence-electron chi connectivity index (χ0n) is 16.0. The highest BCUT2D eigenvalue weighted by molar-refractivity contribution is 5.86. The van der Waals surface area contributed by atoms with E-state index in [-0.39, 0.29) is 11.9 Å². The number of hydrogen-bond donors (Lipinski definition) is 2. The molecule has 1 atom stereocenters. The number of halogens is 1. The van der Waals surface area contributed by atoms with Crippen LogP contribution < -0.4 is 5.73 Å². The quantitative estimate of drug-likeness (QED) is 0.579. The van der Waals surface area contributed by atoms with Gasteiger partial charge in [0.25, 0.3) is 0 Å². The topological polar surface area (TPSA) is 54.7 Å². The first-order chi connectivity index (χ1) is 13.1. The Morgan fingerprint density at radius 3 is 2.70 bits per heavy atom. The molecule has 1 saturated carbocycles. The zero-order chi connectivity index (χ0) is 18.8. The van der Waals surface area contributed by atoms with E-state index < -0.39 is 0 Å². The molecule has 0 radical (unpaired) electrons. The average molecular weight is 365 g/mol. The van der Waals surface area contributed by atoms with Gasteiger partial charge in [0, 0.05) is 11.6 Å². The van der Waals surface area contributed by atoms with E-state index in [4.69, 9.17) is 5.73 Å². The number of aromatic nitrogens is 2. The van der Waals surface area contributed by atoms with Gasteiger partial charge in [-0.2, -0.15) is 0 Å². The lowest BCUT2D eigenvalue weighted by Crippen LogP contribution is -2.14. The third-order valence-electron chi connectivity index (χ3n) is 6.17. The highest BCUT2D eigenvalue weighted by Gasteiger charge is 2.17. The molecule has 2 aromatic carbocycles. The van der Waals surface area contributed by atoms with Gasteiger partial charge in [0.15, 0.2) is 0 Å². The maximum Gasteiger partial charge on any atom is 0.131 e. The smallest absolute Gasteiger partial charge is 0.131 e. The van der Waals surface area contributed by atoms with E-state index in [1.807, 2.05) is 31.2 Å². The summed E-state index contributed by atoms with van der Waals surface area (Å²) in [6, 6.07) is 9.29. The van der Waals surface area contributed by atoms with Crippen molar-refractivity contribution in [1.29, 1.82) is 0 Å². The standard InChI is InChI=1S/C23H28FN3/c1-15-18(10-12-22-23(15)27-14-26-22)19-9-8-17(13-20(19)24)21(25)11-7-16-5-3-2-4-6-16/h8-10,12-14,16,21H,2-7,11,25H2,1H3,(H,26,27). The van der Waals surface area contributed by atoms with Gasteiger partial charge in [0.05, 0.1) is 17.4 Å². The van der Waals surface area contributed by atoms with Gasteiger partial charge in [-0.25, -0.2) is 9.37 Å². The highest BCUT2D eigenvalue weighted by Crippen LogP contribution is 2.33. The fourth-order valence-electron chi connectivity index (χ4n) is 4.48. The monoisotopic (exact) mass is 365 g/mol. The Kier molecular flexibility index (Phi) is 5.26. The van der Waals surface area contributed by atoms with Crippen LogP contribution in [0.3, 0.4) is 0 Å². The maximum atomic E-state index is 14.9. The first-order valence-electron chi connectivity index (χ1n) is 10.1.